The van der Waals surface area contributed by atoms with Crippen LogP contribution in [0, 0.1) is 15.9 Å². The number of rotatable bonds is 5. The Labute approximate surface area is 130 Å². The number of aliphatic hydroxyl groups is 1. The summed E-state index contributed by atoms with van der Waals surface area (Å²) in [5, 5.41) is 32.4. The fourth-order valence-corrected chi connectivity index (χ4v) is 1.94. The van der Waals surface area contributed by atoms with Gasteiger partial charge in [0.1, 0.15) is 5.82 Å². The molecule has 0 aliphatic rings. The Morgan fingerprint density at radius 1 is 1.30 bits per heavy atom. The lowest BCUT2D eigenvalue weighted by Crippen LogP contribution is -2.28. The second kappa shape index (κ2) is 6.84. The number of hydrogen-bond acceptors (Lipinski definition) is 5. The van der Waals surface area contributed by atoms with E-state index >= 15 is 0 Å². The van der Waals surface area contributed by atoms with Crippen molar-refractivity contribution in [3.05, 3.63) is 69.5 Å². The minimum absolute atomic E-state index is 0.000424. The Morgan fingerprint density at radius 2 is 2.04 bits per heavy atom. The van der Waals surface area contributed by atoms with Gasteiger partial charge in [-0.1, -0.05) is 12.1 Å². The number of phenolic OH excluding ortho intramolecular Hbond substituents is 1. The lowest BCUT2D eigenvalue weighted by atomic mass is 10.1. The van der Waals surface area contributed by atoms with Gasteiger partial charge >= 0.3 is 5.69 Å². The van der Waals surface area contributed by atoms with E-state index in [1.165, 1.54) is 24.3 Å². The monoisotopic (exact) mass is 320 g/mol. The summed E-state index contributed by atoms with van der Waals surface area (Å²) in [6.45, 7) is -0.181. The van der Waals surface area contributed by atoms with Gasteiger partial charge < -0.3 is 15.5 Å². The molecule has 8 heteroatoms. The van der Waals surface area contributed by atoms with Crippen molar-refractivity contribution < 1.29 is 24.3 Å². The van der Waals surface area contributed by atoms with Crippen LogP contribution in [0.2, 0.25) is 0 Å². The maximum absolute atomic E-state index is 13.1. The van der Waals surface area contributed by atoms with Crippen LogP contribution >= 0.6 is 0 Å². The van der Waals surface area contributed by atoms with Crippen LogP contribution in [0.3, 0.4) is 0 Å². The average Bonchev–Trinajstić information content (AvgIpc) is 2.51. The van der Waals surface area contributed by atoms with E-state index in [0.29, 0.717) is 5.56 Å². The number of aromatic hydroxyl groups is 1. The average molecular weight is 320 g/mol. The molecule has 1 atom stereocenters. The molecule has 0 aromatic heterocycles. The summed E-state index contributed by atoms with van der Waals surface area (Å²) >= 11 is 0. The van der Waals surface area contributed by atoms with Gasteiger partial charge in [0.2, 0.25) is 0 Å². The lowest BCUT2D eigenvalue weighted by molar-refractivity contribution is -0.385. The number of carbonyl (C=O) groups is 1. The number of carbonyl (C=O) groups excluding carboxylic acids is 1. The molecule has 0 fully saturated rings. The van der Waals surface area contributed by atoms with Gasteiger partial charge in [0.15, 0.2) is 5.75 Å². The van der Waals surface area contributed by atoms with Crippen molar-refractivity contribution in [2.75, 3.05) is 6.54 Å². The standard InChI is InChI=1S/C15H13FN2O5/c16-11-3-1-2-9(6-11)14(20)8-17-15(21)10-4-5-12(18(22)23)13(19)7-10/h1-7,14,19-20H,8H2,(H,17,21). The number of nitro benzene ring substituents is 1. The van der Waals surface area contributed by atoms with Gasteiger partial charge in [-0.3, -0.25) is 14.9 Å². The highest BCUT2D eigenvalue weighted by molar-refractivity contribution is 5.95. The number of aliphatic hydroxyl groups excluding tert-OH is 1. The highest BCUT2D eigenvalue weighted by Crippen LogP contribution is 2.26. The topological polar surface area (TPSA) is 113 Å². The minimum atomic E-state index is -1.11. The molecule has 120 valence electrons. The Balaban J connectivity index is 2.02. The number of halogens is 1. The zero-order chi connectivity index (χ0) is 17.0. The fraction of sp³-hybridized carbons (Fsp3) is 0.133. The molecule has 0 saturated heterocycles. The summed E-state index contributed by atoms with van der Waals surface area (Å²) in [6.07, 6.45) is -1.11. The smallest absolute Gasteiger partial charge is 0.310 e. The molecule has 2 aromatic carbocycles. The SMILES string of the molecule is O=C(NCC(O)c1cccc(F)c1)c1ccc([N+](=O)[O-])c(O)c1. The predicted octanol–water partition coefficient (Wildman–Crippen LogP) is 1.90. The van der Waals surface area contributed by atoms with Crippen LogP contribution in [0.15, 0.2) is 42.5 Å². The Kier molecular flexibility index (Phi) is 4.87. The number of nitro groups is 1. The molecule has 23 heavy (non-hydrogen) atoms. The van der Waals surface area contributed by atoms with Gasteiger partial charge in [-0.15, -0.1) is 0 Å². The molecule has 0 aliphatic carbocycles. The van der Waals surface area contributed by atoms with Crippen molar-refractivity contribution in [2.45, 2.75) is 6.10 Å². The van der Waals surface area contributed by atoms with Crippen LogP contribution < -0.4 is 5.32 Å². The summed E-state index contributed by atoms with van der Waals surface area (Å²) in [7, 11) is 0. The first-order chi connectivity index (χ1) is 10.9. The predicted molar refractivity (Wildman–Crippen MR) is 78.5 cm³/mol. The summed E-state index contributed by atoms with van der Waals surface area (Å²) in [6, 6.07) is 8.47. The number of phenols is 1. The van der Waals surface area contributed by atoms with Gasteiger partial charge in [0.25, 0.3) is 5.91 Å². The first-order valence-electron chi connectivity index (χ1n) is 6.57. The molecule has 0 saturated carbocycles. The summed E-state index contributed by atoms with van der Waals surface area (Å²) in [5.41, 5.74) is -0.210. The molecule has 0 aliphatic heterocycles. The van der Waals surface area contributed by atoms with E-state index in [1.807, 2.05) is 0 Å². The van der Waals surface area contributed by atoms with Crippen LogP contribution in [0.25, 0.3) is 0 Å². The lowest BCUT2D eigenvalue weighted by Gasteiger charge is -2.12. The van der Waals surface area contributed by atoms with Crippen molar-refractivity contribution >= 4 is 11.6 Å². The third-order valence-corrected chi connectivity index (χ3v) is 3.12. The second-order valence-corrected chi connectivity index (χ2v) is 4.74. The highest BCUT2D eigenvalue weighted by atomic mass is 19.1. The van der Waals surface area contributed by atoms with Crippen LogP contribution in [0.5, 0.6) is 5.75 Å². The molecule has 0 bridgehead atoms. The fourth-order valence-electron chi connectivity index (χ4n) is 1.94. The number of amides is 1. The largest absolute Gasteiger partial charge is 0.502 e. The third-order valence-electron chi connectivity index (χ3n) is 3.12. The van der Waals surface area contributed by atoms with E-state index in [4.69, 9.17) is 0 Å². The van der Waals surface area contributed by atoms with Crippen molar-refractivity contribution in [1.82, 2.24) is 5.32 Å². The molecule has 0 spiro atoms. The molecular weight excluding hydrogens is 307 g/mol. The third kappa shape index (κ3) is 4.01. The van der Waals surface area contributed by atoms with Crippen LogP contribution in [-0.2, 0) is 0 Å². The molecule has 7 nitrogen and oxygen atoms in total. The minimum Gasteiger partial charge on any atom is -0.502 e. The molecule has 1 unspecified atom stereocenters. The van der Waals surface area contributed by atoms with Gasteiger partial charge in [-0.05, 0) is 29.8 Å². The highest BCUT2D eigenvalue weighted by Gasteiger charge is 2.17. The number of nitrogens with zero attached hydrogens (tertiary/aromatic N) is 1. The Morgan fingerprint density at radius 3 is 2.65 bits per heavy atom. The quantitative estimate of drug-likeness (QED) is 0.575. The van der Waals surface area contributed by atoms with E-state index in [-0.39, 0.29) is 12.1 Å². The molecular formula is C15H13FN2O5. The number of nitrogens with one attached hydrogen (secondary N) is 1. The molecule has 3 N–H and O–H groups in total. The van der Waals surface area contributed by atoms with E-state index < -0.39 is 34.2 Å². The van der Waals surface area contributed by atoms with E-state index in [2.05, 4.69) is 5.32 Å². The zero-order valence-electron chi connectivity index (χ0n) is 11.8. The summed E-state index contributed by atoms with van der Waals surface area (Å²) in [5.74, 6) is -1.77. The first kappa shape index (κ1) is 16.4. The zero-order valence-corrected chi connectivity index (χ0v) is 11.8. The van der Waals surface area contributed by atoms with Crippen molar-refractivity contribution in [3.63, 3.8) is 0 Å². The van der Waals surface area contributed by atoms with E-state index in [0.717, 1.165) is 18.2 Å². The molecule has 0 heterocycles. The van der Waals surface area contributed by atoms with E-state index in [9.17, 15) is 29.5 Å². The molecule has 2 aromatic rings. The Bertz CT molecular complexity index is 750. The van der Waals surface area contributed by atoms with Crippen LogP contribution in [0.4, 0.5) is 10.1 Å². The number of hydrogen-bond donors (Lipinski definition) is 3. The number of benzene rings is 2. The molecule has 2 rings (SSSR count). The second-order valence-electron chi connectivity index (χ2n) is 4.74. The van der Waals surface area contributed by atoms with Gasteiger partial charge in [0.05, 0.1) is 11.0 Å². The molecule has 0 radical (unpaired) electrons. The van der Waals surface area contributed by atoms with Crippen molar-refractivity contribution in [2.24, 2.45) is 0 Å². The summed E-state index contributed by atoms with van der Waals surface area (Å²) in [4.78, 5) is 21.7. The van der Waals surface area contributed by atoms with Crippen LogP contribution in [-0.4, -0.2) is 27.6 Å². The first-order valence-corrected chi connectivity index (χ1v) is 6.57. The summed E-state index contributed by atoms with van der Waals surface area (Å²) < 4.78 is 13.1. The van der Waals surface area contributed by atoms with Gasteiger partial charge in [-0.2, -0.15) is 0 Å². The maximum Gasteiger partial charge on any atom is 0.310 e. The van der Waals surface area contributed by atoms with E-state index in [1.54, 1.807) is 0 Å². The van der Waals surface area contributed by atoms with Crippen LogP contribution in [0.1, 0.15) is 22.0 Å². The molecule has 1 amide bonds. The normalized spacial score (nSPS) is 11.7. The van der Waals surface area contributed by atoms with Gasteiger partial charge in [0, 0.05) is 18.2 Å². The van der Waals surface area contributed by atoms with Crippen molar-refractivity contribution in [3.8, 4) is 5.75 Å². The Hall–Kier alpha value is -3.00. The van der Waals surface area contributed by atoms with Gasteiger partial charge in [-0.25, -0.2) is 4.39 Å². The van der Waals surface area contributed by atoms with Crippen molar-refractivity contribution in [1.29, 1.82) is 0 Å². The maximum atomic E-state index is 13.1.